The Morgan fingerprint density at radius 3 is 2.93 bits per heavy atom. The standard InChI is InChI=1S/C11H13N3O/c12-6-3-7-13-10-8-4-1-2-5-9(8)14-11(10)15/h1-2,4-5H,3,6-7,12H2,(H,13,14,15). The van der Waals surface area contributed by atoms with Gasteiger partial charge >= 0.3 is 0 Å². The van der Waals surface area contributed by atoms with E-state index >= 15 is 0 Å². The Balaban J connectivity index is 2.26. The third-order valence-corrected chi connectivity index (χ3v) is 2.28. The van der Waals surface area contributed by atoms with E-state index in [9.17, 15) is 4.79 Å². The average molecular weight is 203 g/mol. The number of rotatable bonds is 3. The quantitative estimate of drug-likeness (QED) is 0.713. The summed E-state index contributed by atoms with van der Waals surface area (Å²) >= 11 is 0. The number of anilines is 1. The lowest BCUT2D eigenvalue weighted by molar-refractivity contribution is -0.110. The number of nitrogens with one attached hydrogen (secondary N) is 1. The molecule has 1 heterocycles. The zero-order chi connectivity index (χ0) is 10.7. The van der Waals surface area contributed by atoms with E-state index in [1.807, 2.05) is 24.3 Å². The minimum Gasteiger partial charge on any atom is -0.330 e. The number of fused-ring (bicyclic) bond motifs is 1. The first-order valence-electron chi connectivity index (χ1n) is 4.98. The summed E-state index contributed by atoms with van der Waals surface area (Å²) in [5.74, 6) is -0.117. The van der Waals surface area contributed by atoms with Gasteiger partial charge in [-0.15, -0.1) is 0 Å². The van der Waals surface area contributed by atoms with Crippen LogP contribution in [0.1, 0.15) is 12.0 Å². The first kappa shape index (κ1) is 9.86. The number of carbonyl (C=O) groups excluding carboxylic acids is 1. The summed E-state index contributed by atoms with van der Waals surface area (Å²) in [6.07, 6.45) is 0.805. The van der Waals surface area contributed by atoms with E-state index in [4.69, 9.17) is 5.73 Å². The van der Waals surface area contributed by atoms with Gasteiger partial charge in [0.25, 0.3) is 5.91 Å². The van der Waals surface area contributed by atoms with Crippen molar-refractivity contribution in [1.29, 1.82) is 0 Å². The Labute approximate surface area is 88.2 Å². The van der Waals surface area contributed by atoms with Gasteiger partial charge in [-0.25, -0.2) is 0 Å². The van der Waals surface area contributed by atoms with E-state index in [1.165, 1.54) is 0 Å². The number of aliphatic imine (C=N–C) groups is 1. The molecule has 0 radical (unpaired) electrons. The lowest BCUT2D eigenvalue weighted by Gasteiger charge is -1.96. The highest BCUT2D eigenvalue weighted by atomic mass is 16.2. The molecule has 0 atom stereocenters. The molecular formula is C11H13N3O. The van der Waals surface area contributed by atoms with Gasteiger partial charge < -0.3 is 11.1 Å². The third-order valence-electron chi connectivity index (χ3n) is 2.28. The molecule has 0 spiro atoms. The van der Waals surface area contributed by atoms with Gasteiger partial charge in [-0.05, 0) is 19.0 Å². The van der Waals surface area contributed by atoms with Gasteiger partial charge in [0.15, 0.2) is 0 Å². The van der Waals surface area contributed by atoms with Crippen molar-refractivity contribution in [2.45, 2.75) is 6.42 Å². The van der Waals surface area contributed by atoms with Gasteiger partial charge in [-0.2, -0.15) is 0 Å². The van der Waals surface area contributed by atoms with Crippen LogP contribution in [0.4, 0.5) is 5.69 Å². The topological polar surface area (TPSA) is 67.5 Å². The number of nitrogens with zero attached hydrogens (tertiary/aromatic N) is 1. The van der Waals surface area contributed by atoms with Crippen molar-refractivity contribution in [3.05, 3.63) is 29.8 Å². The molecule has 0 bridgehead atoms. The lowest BCUT2D eigenvalue weighted by atomic mass is 10.1. The Bertz CT molecular complexity index is 412. The van der Waals surface area contributed by atoms with Crippen LogP contribution in [0.2, 0.25) is 0 Å². The summed E-state index contributed by atoms with van der Waals surface area (Å²) in [5, 5.41) is 2.77. The predicted molar refractivity (Wildman–Crippen MR) is 60.1 cm³/mol. The Kier molecular flexibility index (Phi) is 2.78. The second kappa shape index (κ2) is 4.23. The van der Waals surface area contributed by atoms with Gasteiger partial charge in [0.1, 0.15) is 5.71 Å². The molecule has 0 aliphatic carbocycles. The molecule has 4 heteroatoms. The lowest BCUT2D eigenvalue weighted by Crippen LogP contribution is -2.15. The van der Waals surface area contributed by atoms with Gasteiger partial charge in [0.2, 0.25) is 0 Å². The summed E-state index contributed by atoms with van der Waals surface area (Å²) in [6.45, 7) is 1.20. The summed E-state index contributed by atoms with van der Waals surface area (Å²) < 4.78 is 0. The number of para-hydroxylation sites is 1. The molecule has 4 nitrogen and oxygen atoms in total. The van der Waals surface area contributed by atoms with E-state index < -0.39 is 0 Å². The molecule has 0 saturated heterocycles. The van der Waals surface area contributed by atoms with Crippen LogP contribution in [0.15, 0.2) is 29.3 Å². The van der Waals surface area contributed by atoms with Crippen LogP contribution in [0.5, 0.6) is 0 Å². The van der Waals surface area contributed by atoms with Crippen LogP contribution in [0.25, 0.3) is 0 Å². The van der Waals surface area contributed by atoms with Crippen molar-refractivity contribution in [3.63, 3.8) is 0 Å². The fourth-order valence-electron chi connectivity index (χ4n) is 1.54. The highest BCUT2D eigenvalue weighted by Crippen LogP contribution is 2.22. The largest absolute Gasteiger partial charge is 0.330 e. The number of amides is 1. The highest BCUT2D eigenvalue weighted by Gasteiger charge is 2.24. The molecule has 0 aromatic heterocycles. The maximum absolute atomic E-state index is 11.6. The van der Waals surface area contributed by atoms with Crippen molar-refractivity contribution >= 4 is 17.3 Å². The molecule has 3 N–H and O–H groups in total. The van der Waals surface area contributed by atoms with Crippen molar-refractivity contribution in [1.82, 2.24) is 0 Å². The van der Waals surface area contributed by atoms with Crippen LogP contribution in [-0.2, 0) is 4.79 Å². The zero-order valence-electron chi connectivity index (χ0n) is 8.36. The van der Waals surface area contributed by atoms with Crippen molar-refractivity contribution in [3.8, 4) is 0 Å². The predicted octanol–water partition coefficient (Wildman–Crippen LogP) is 0.777. The number of hydrogen-bond acceptors (Lipinski definition) is 3. The molecule has 0 saturated carbocycles. The average Bonchev–Trinajstić information content (AvgIpc) is 2.56. The smallest absolute Gasteiger partial charge is 0.274 e. The summed E-state index contributed by atoms with van der Waals surface area (Å²) in [4.78, 5) is 15.8. The molecule has 0 unspecified atom stereocenters. The third kappa shape index (κ3) is 1.89. The zero-order valence-corrected chi connectivity index (χ0v) is 8.36. The number of hydrogen-bond donors (Lipinski definition) is 2. The Morgan fingerprint density at radius 2 is 2.13 bits per heavy atom. The molecule has 15 heavy (non-hydrogen) atoms. The van der Waals surface area contributed by atoms with Crippen molar-refractivity contribution in [2.75, 3.05) is 18.4 Å². The number of nitrogens with two attached hydrogens (primary N) is 1. The van der Waals surface area contributed by atoms with E-state index in [2.05, 4.69) is 10.3 Å². The van der Waals surface area contributed by atoms with Crippen LogP contribution >= 0.6 is 0 Å². The van der Waals surface area contributed by atoms with Gasteiger partial charge in [-0.1, -0.05) is 18.2 Å². The molecule has 1 aliphatic heterocycles. The highest BCUT2D eigenvalue weighted by molar-refractivity contribution is 6.53. The van der Waals surface area contributed by atoms with Gasteiger partial charge in [-0.3, -0.25) is 9.79 Å². The molecule has 2 rings (SSSR count). The fraction of sp³-hybridized carbons (Fsp3) is 0.273. The van der Waals surface area contributed by atoms with E-state index in [0.29, 0.717) is 18.8 Å². The van der Waals surface area contributed by atoms with Crippen molar-refractivity contribution < 1.29 is 4.79 Å². The number of benzene rings is 1. The van der Waals surface area contributed by atoms with E-state index in [1.54, 1.807) is 0 Å². The maximum Gasteiger partial charge on any atom is 0.274 e. The van der Waals surface area contributed by atoms with Crippen LogP contribution in [0.3, 0.4) is 0 Å². The Hall–Kier alpha value is -1.68. The van der Waals surface area contributed by atoms with Crippen LogP contribution < -0.4 is 11.1 Å². The first-order chi connectivity index (χ1) is 7.33. The summed E-state index contributed by atoms with van der Waals surface area (Å²) in [7, 11) is 0. The summed E-state index contributed by atoms with van der Waals surface area (Å²) in [5.41, 5.74) is 7.63. The SMILES string of the molecule is NCCCN=C1C(=O)Nc2ccccc21. The molecular weight excluding hydrogens is 190 g/mol. The number of carbonyl (C=O) groups is 1. The normalized spacial score (nSPS) is 16.6. The molecule has 1 aromatic carbocycles. The molecule has 1 aromatic rings. The van der Waals surface area contributed by atoms with E-state index in [0.717, 1.165) is 17.7 Å². The van der Waals surface area contributed by atoms with Gasteiger partial charge in [0, 0.05) is 12.1 Å². The van der Waals surface area contributed by atoms with E-state index in [-0.39, 0.29) is 5.91 Å². The second-order valence-electron chi connectivity index (χ2n) is 3.37. The maximum atomic E-state index is 11.6. The van der Waals surface area contributed by atoms with Gasteiger partial charge in [0.05, 0.1) is 5.69 Å². The first-order valence-corrected chi connectivity index (χ1v) is 4.98. The molecule has 0 fully saturated rings. The fourth-order valence-corrected chi connectivity index (χ4v) is 1.54. The second-order valence-corrected chi connectivity index (χ2v) is 3.37. The van der Waals surface area contributed by atoms with Crippen LogP contribution in [-0.4, -0.2) is 24.7 Å². The van der Waals surface area contributed by atoms with Crippen LogP contribution in [0, 0.1) is 0 Å². The molecule has 1 amide bonds. The molecule has 78 valence electrons. The minimum absolute atomic E-state index is 0.117. The minimum atomic E-state index is -0.117. The molecule has 1 aliphatic rings. The summed E-state index contributed by atoms with van der Waals surface area (Å²) in [6, 6.07) is 7.56. The van der Waals surface area contributed by atoms with Crippen molar-refractivity contribution in [2.24, 2.45) is 10.7 Å². The Morgan fingerprint density at radius 1 is 1.33 bits per heavy atom. The monoisotopic (exact) mass is 203 g/mol.